The summed E-state index contributed by atoms with van der Waals surface area (Å²) in [6, 6.07) is 14.5. The van der Waals surface area contributed by atoms with Crippen LogP contribution in [-0.4, -0.2) is 22.8 Å². The van der Waals surface area contributed by atoms with E-state index in [-0.39, 0.29) is 6.03 Å². The lowest BCUT2D eigenvalue weighted by molar-refractivity contribution is 0.262. The van der Waals surface area contributed by atoms with Crippen molar-refractivity contribution in [2.24, 2.45) is 0 Å². The van der Waals surface area contributed by atoms with Gasteiger partial charge in [-0.15, -0.1) is 10.2 Å². The number of rotatable bonds is 5. The first-order valence-electron chi connectivity index (χ1n) is 7.54. The van der Waals surface area contributed by atoms with E-state index in [2.05, 4.69) is 36.8 Å². The zero-order valence-corrected chi connectivity index (χ0v) is 15.7. The van der Waals surface area contributed by atoms with Crippen LogP contribution in [0.5, 0.6) is 5.75 Å². The molecule has 3 rings (SSSR count). The molecule has 0 saturated carbocycles. The maximum atomic E-state index is 12.1. The molecular formula is C17H15BrN4O2S. The summed E-state index contributed by atoms with van der Waals surface area (Å²) in [4.78, 5) is 12.1. The first-order valence-corrected chi connectivity index (χ1v) is 9.15. The number of carbonyl (C=O) groups excluding carboxylic acids is 1. The predicted octanol–water partition coefficient (Wildman–Crippen LogP) is 5.01. The van der Waals surface area contributed by atoms with Gasteiger partial charge in [0.1, 0.15) is 10.8 Å². The highest BCUT2D eigenvalue weighted by Gasteiger charge is 2.10. The second-order valence-electron chi connectivity index (χ2n) is 4.96. The van der Waals surface area contributed by atoms with Crippen LogP contribution < -0.4 is 15.4 Å². The van der Waals surface area contributed by atoms with E-state index in [1.807, 2.05) is 31.2 Å². The molecule has 0 unspecified atom stereocenters. The van der Waals surface area contributed by atoms with Gasteiger partial charge in [0.05, 0.1) is 6.61 Å². The molecule has 6 nitrogen and oxygen atoms in total. The average Bonchev–Trinajstić information content (AvgIpc) is 3.06. The fourth-order valence-corrected chi connectivity index (χ4v) is 3.05. The van der Waals surface area contributed by atoms with Gasteiger partial charge in [0.15, 0.2) is 0 Å². The lowest BCUT2D eigenvalue weighted by atomic mass is 10.2. The number of ether oxygens (including phenoxy) is 1. The minimum absolute atomic E-state index is 0.373. The standard InChI is InChI=1S/C17H15BrN4O2S/c1-2-24-14-9-7-13(8-10-14)19-16(23)20-17-22-21-15(25-17)11-3-5-12(18)6-4-11/h3-10H,2H2,1H3,(H2,19,20,22,23). The lowest BCUT2D eigenvalue weighted by Crippen LogP contribution is -2.19. The predicted molar refractivity (Wildman–Crippen MR) is 103 cm³/mol. The van der Waals surface area contributed by atoms with Crippen molar-refractivity contribution in [3.63, 3.8) is 0 Å². The Hall–Kier alpha value is -2.45. The van der Waals surface area contributed by atoms with Crippen molar-refractivity contribution < 1.29 is 9.53 Å². The van der Waals surface area contributed by atoms with Gasteiger partial charge < -0.3 is 10.1 Å². The molecular weight excluding hydrogens is 404 g/mol. The van der Waals surface area contributed by atoms with Crippen LogP contribution in [0.4, 0.5) is 15.6 Å². The number of amides is 2. The summed E-state index contributed by atoms with van der Waals surface area (Å²) in [5.41, 5.74) is 1.61. The van der Waals surface area contributed by atoms with Crippen LogP contribution in [0.1, 0.15) is 6.92 Å². The third-order valence-electron chi connectivity index (χ3n) is 3.16. The number of nitrogens with one attached hydrogen (secondary N) is 2. The minimum atomic E-state index is -0.373. The van der Waals surface area contributed by atoms with Gasteiger partial charge in [0, 0.05) is 15.7 Å². The molecule has 0 aliphatic rings. The van der Waals surface area contributed by atoms with Crippen LogP contribution in [-0.2, 0) is 0 Å². The molecule has 2 N–H and O–H groups in total. The SMILES string of the molecule is CCOc1ccc(NC(=O)Nc2nnc(-c3ccc(Br)cc3)s2)cc1. The summed E-state index contributed by atoms with van der Waals surface area (Å²) in [5, 5.41) is 14.7. The van der Waals surface area contributed by atoms with Crippen LogP contribution in [0, 0.1) is 0 Å². The first-order chi connectivity index (χ1) is 12.1. The van der Waals surface area contributed by atoms with E-state index in [0.717, 1.165) is 20.8 Å². The van der Waals surface area contributed by atoms with Crippen LogP contribution in [0.25, 0.3) is 10.6 Å². The summed E-state index contributed by atoms with van der Waals surface area (Å²) in [7, 11) is 0. The maximum absolute atomic E-state index is 12.1. The molecule has 0 aliphatic heterocycles. The normalized spacial score (nSPS) is 10.3. The van der Waals surface area contributed by atoms with Gasteiger partial charge >= 0.3 is 6.03 Å². The quantitative estimate of drug-likeness (QED) is 0.610. The van der Waals surface area contributed by atoms with Gasteiger partial charge in [-0.2, -0.15) is 0 Å². The Labute approximate surface area is 157 Å². The van der Waals surface area contributed by atoms with Gasteiger partial charge in [0.25, 0.3) is 0 Å². The van der Waals surface area contributed by atoms with Crippen LogP contribution in [0.15, 0.2) is 53.0 Å². The number of aromatic nitrogens is 2. The van der Waals surface area contributed by atoms with E-state index < -0.39 is 0 Å². The van der Waals surface area contributed by atoms with E-state index in [1.165, 1.54) is 11.3 Å². The van der Waals surface area contributed by atoms with Crippen LogP contribution >= 0.6 is 27.3 Å². The number of benzene rings is 2. The first kappa shape index (κ1) is 17.4. The summed E-state index contributed by atoms with van der Waals surface area (Å²) in [5.74, 6) is 0.761. The fourth-order valence-electron chi connectivity index (χ4n) is 2.04. The molecule has 3 aromatic rings. The van der Waals surface area contributed by atoms with Gasteiger partial charge in [-0.05, 0) is 43.3 Å². The molecule has 0 aliphatic carbocycles. The summed E-state index contributed by atoms with van der Waals surface area (Å²) >= 11 is 4.71. The Bertz CT molecular complexity index is 850. The molecule has 1 aromatic heterocycles. The van der Waals surface area contributed by atoms with Crippen molar-refractivity contribution in [2.45, 2.75) is 6.92 Å². The zero-order valence-electron chi connectivity index (χ0n) is 13.3. The Morgan fingerprint density at radius 3 is 2.48 bits per heavy atom. The highest BCUT2D eigenvalue weighted by atomic mass is 79.9. The molecule has 2 amide bonds. The Morgan fingerprint density at radius 1 is 1.08 bits per heavy atom. The van der Waals surface area contributed by atoms with E-state index >= 15 is 0 Å². The van der Waals surface area contributed by atoms with Crippen molar-refractivity contribution in [1.82, 2.24) is 10.2 Å². The van der Waals surface area contributed by atoms with E-state index in [1.54, 1.807) is 24.3 Å². The zero-order chi connectivity index (χ0) is 17.6. The third-order valence-corrected chi connectivity index (χ3v) is 4.58. The molecule has 0 radical (unpaired) electrons. The number of halogens is 1. The molecule has 1 heterocycles. The molecule has 0 atom stereocenters. The Kier molecular flexibility index (Phi) is 5.62. The number of hydrogen-bond donors (Lipinski definition) is 2. The smallest absolute Gasteiger partial charge is 0.325 e. The van der Waals surface area contributed by atoms with Crippen molar-refractivity contribution in [3.8, 4) is 16.3 Å². The van der Waals surface area contributed by atoms with Crippen molar-refractivity contribution in [1.29, 1.82) is 0 Å². The molecule has 0 spiro atoms. The molecule has 0 saturated heterocycles. The van der Waals surface area contributed by atoms with E-state index in [4.69, 9.17) is 4.74 Å². The second-order valence-corrected chi connectivity index (χ2v) is 6.85. The van der Waals surface area contributed by atoms with Gasteiger partial charge in [0.2, 0.25) is 5.13 Å². The second kappa shape index (κ2) is 8.09. The highest BCUT2D eigenvalue weighted by molar-refractivity contribution is 9.10. The molecule has 0 bridgehead atoms. The van der Waals surface area contributed by atoms with Crippen molar-refractivity contribution in [3.05, 3.63) is 53.0 Å². The molecule has 128 valence electrons. The number of carbonyl (C=O) groups is 1. The Balaban J connectivity index is 1.60. The largest absolute Gasteiger partial charge is 0.494 e. The van der Waals surface area contributed by atoms with Crippen LogP contribution in [0.2, 0.25) is 0 Å². The van der Waals surface area contributed by atoms with Gasteiger partial charge in [-0.25, -0.2) is 4.79 Å². The van der Waals surface area contributed by atoms with Gasteiger partial charge in [-0.1, -0.05) is 39.4 Å². The summed E-state index contributed by atoms with van der Waals surface area (Å²) in [6.45, 7) is 2.52. The highest BCUT2D eigenvalue weighted by Crippen LogP contribution is 2.27. The molecule has 0 fully saturated rings. The summed E-state index contributed by atoms with van der Waals surface area (Å²) < 4.78 is 6.36. The van der Waals surface area contributed by atoms with Crippen molar-refractivity contribution in [2.75, 3.05) is 17.2 Å². The van der Waals surface area contributed by atoms with E-state index in [0.29, 0.717) is 17.4 Å². The number of urea groups is 1. The van der Waals surface area contributed by atoms with Crippen LogP contribution in [0.3, 0.4) is 0 Å². The number of nitrogens with zero attached hydrogens (tertiary/aromatic N) is 2. The van der Waals surface area contributed by atoms with Crippen molar-refractivity contribution >= 4 is 44.1 Å². The fraction of sp³-hybridized carbons (Fsp3) is 0.118. The molecule has 8 heteroatoms. The molecule has 2 aromatic carbocycles. The number of anilines is 2. The average molecular weight is 419 g/mol. The topological polar surface area (TPSA) is 76.1 Å². The summed E-state index contributed by atoms with van der Waals surface area (Å²) in [6.07, 6.45) is 0. The monoisotopic (exact) mass is 418 g/mol. The molecule has 25 heavy (non-hydrogen) atoms. The third kappa shape index (κ3) is 4.77. The minimum Gasteiger partial charge on any atom is -0.494 e. The van der Waals surface area contributed by atoms with Gasteiger partial charge in [-0.3, -0.25) is 5.32 Å². The number of hydrogen-bond acceptors (Lipinski definition) is 5. The van der Waals surface area contributed by atoms with E-state index in [9.17, 15) is 4.79 Å². The Morgan fingerprint density at radius 2 is 1.80 bits per heavy atom. The lowest BCUT2D eigenvalue weighted by Gasteiger charge is -2.06. The maximum Gasteiger partial charge on any atom is 0.325 e.